The predicted molar refractivity (Wildman–Crippen MR) is 65.6 cm³/mol. The Bertz CT molecular complexity index is 389. The summed E-state index contributed by atoms with van der Waals surface area (Å²) in [6.45, 7) is -0.0310. The number of halogens is 1. The zero-order valence-electron chi connectivity index (χ0n) is 9.39. The SMILES string of the molecule is CCCC(OP(=O)(O)Cl)c1ccccc1C. The summed E-state index contributed by atoms with van der Waals surface area (Å²) in [5.74, 6) is 0. The summed E-state index contributed by atoms with van der Waals surface area (Å²) in [6.07, 6.45) is 1.11. The van der Waals surface area contributed by atoms with E-state index >= 15 is 0 Å². The molecular weight excluding hydrogens is 247 g/mol. The highest BCUT2D eigenvalue weighted by Gasteiger charge is 2.23. The summed E-state index contributed by atoms with van der Waals surface area (Å²) < 4.78 is 16.1. The second-order valence-electron chi connectivity index (χ2n) is 3.69. The van der Waals surface area contributed by atoms with E-state index < -0.39 is 13.1 Å². The van der Waals surface area contributed by atoms with E-state index in [-0.39, 0.29) is 0 Å². The average Bonchev–Trinajstić information content (AvgIpc) is 2.16. The van der Waals surface area contributed by atoms with E-state index in [4.69, 9.17) is 20.7 Å². The van der Waals surface area contributed by atoms with Gasteiger partial charge in [0, 0.05) is 11.2 Å². The minimum absolute atomic E-state index is 0.417. The largest absolute Gasteiger partial charge is 0.422 e. The van der Waals surface area contributed by atoms with Crippen molar-refractivity contribution >= 4 is 18.2 Å². The summed E-state index contributed by atoms with van der Waals surface area (Å²) in [6, 6.07) is 7.63. The molecule has 0 fully saturated rings. The number of benzene rings is 1. The fraction of sp³-hybridized carbons (Fsp3) is 0.455. The maximum Gasteiger partial charge on any atom is 0.422 e. The first kappa shape index (κ1) is 13.7. The predicted octanol–water partition coefficient (Wildman–Crippen LogP) is 4.19. The molecule has 1 rings (SSSR count). The number of aryl methyl sites for hydroxylation is 1. The van der Waals surface area contributed by atoms with E-state index in [0.29, 0.717) is 6.42 Å². The van der Waals surface area contributed by atoms with Gasteiger partial charge in [-0.15, -0.1) is 0 Å². The van der Waals surface area contributed by atoms with Gasteiger partial charge < -0.3 is 4.89 Å². The van der Waals surface area contributed by atoms with Crippen molar-refractivity contribution < 1.29 is 14.0 Å². The summed E-state index contributed by atoms with van der Waals surface area (Å²) in [5.41, 5.74) is 1.95. The first-order valence-electron chi connectivity index (χ1n) is 5.20. The van der Waals surface area contributed by atoms with Crippen molar-refractivity contribution in [1.82, 2.24) is 0 Å². The Morgan fingerprint density at radius 2 is 2.12 bits per heavy atom. The molecule has 0 amide bonds. The molecule has 16 heavy (non-hydrogen) atoms. The fourth-order valence-corrected chi connectivity index (χ4v) is 2.45. The molecule has 0 aromatic heterocycles. The minimum atomic E-state index is -3.96. The Morgan fingerprint density at radius 3 is 2.62 bits per heavy atom. The Hall–Kier alpha value is -0.340. The molecule has 0 heterocycles. The topological polar surface area (TPSA) is 46.5 Å². The van der Waals surface area contributed by atoms with Crippen molar-refractivity contribution in [2.75, 3.05) is 0 Å². The third-order valence-electron chi connectivity index (χ3n) is 2.34. The van der Waals surface area contributed by atoms with E-state index in [1.54, 1.807) is 0 Å². The lowest BCUT2D eigenvalue weighted by Gasteiger charge is -2.19. The zero-order valence-corrected chi connectivity index (χ0v) is 11.0. The van der Waals surface area contributed by atoms with Gasteiger partial charge in [0.2, 0.25) is 0 Å². The Labute approximate surface area is 101 Å². The highest BCUT2D eigenvalue weighted by Crippen LogP contribution is 2.52. The van der Waals surface area contributed by atoms with Gasteiger partial charge in [-0.1, -0.05) is 37.6 Å². The highest BCUT2D eigenvalue weighted by atomic mass is 35.7. The van der Waals surface area contributed by atoms with Crippen LogP contribution in [0.15, 0.2) is 24.3 Å². The first-order valence-corrected chi connectivity index (χ1v) is 7.68. The van der Waals surface area contributed by atoms with Crippen LogP contribution in [0, 0.1) is 6.92 Å². The molecule has 1 aromatic rings. The van der Waals surface area contributed by atoms with Crippen LogP contribution in [0.2, 0.25) is 0 Å². The Balaban J connectivity index is 2.94. The van der Waals surface area contributed by atoms with E-state index in [1.807, 2.05) is 38.1 Å². The van der Waals surface area contributed by atoms with Crippen LogP contribution in [0.25, 0.3) is 0 Å². The molecule has 3 nitrogen and oxygen atoms in total. The number of hydrogen-bond acceptors (Lipinski definition) is 2. The maximum atomic E-state index is 11.1. The van der Waals surface area contributed by atoms with Crippen molar-refractivity contribution in [1.29, 1.82) is 0 Å². The summed E-state index contributed by atoms with van der Waals surface area (Å²) in [5, 5.41) is 0. The van der Waals surface area contributed by atoms with Crippen LogP contribution in [-0.2, 0) is 9.09 Å². The molecule has 0 saturated heterocycles. The van der Waals surface area contributed by atoms with Gasteiger partial charge >= 0.3 is 6.95 Å². The van der Waals surface area contributed by atoms with Crippen LogP contribution in [0.4, 0.5) is 0 Å². The standard InChI is InChI=1S/C11H16ClO3P/c1-3-6-11(15-16(12,13)14)10-8-5-4-7-9(10)2/h4-5,7-8,11H,3,6H2,1-2H3,(H,13,14). The molecule has 0 radical (unpaired) electrons. The number of hydrogen-bond donors (Lipinski definition) is 1. The second kappa shape index (κ2) is 5.83. The molecule has 90 valence electrons. The van der Waals surface area contributed by atoms with E-state index in [0.717, 1.165) is 17.5 Å². The molecule has 0 spiro atoms. The van der Waals surface area contributed by atoms with Crippen LogP contribution in [0.3, 0.4) is 0 Å². The molecule has 0 saturated carbocycles. The van der Waals surface area contributed by atoms with Gasteiger partial charge in [-0.05, 0) is 24.5 Å². The van der Waals surface area contributed by atoms with Crippen molar-refractivity contribution in [2.24, 2.45) is 0 Å². The van der Waals surface area contributed by atoms with Crippen LogP contribution in [0.5, 0.6) is 0 Å². The molecule has 0 aliphatic carbocycles. The summed E-state index contributed by atoms with van der Waals surface area (Å²) in [4.78, 5) is 9.07. The van der Waals surface area contributed by atoms with Crippen molar-refractivity contribution in [3.8, 4) is 0 Å². The van der Waals surface area contributed by atoms with Gasteiger partial charge in [-0.2, -0.15) is 0 Å². The lowest BCUT2D eigenvalue weighted by atomic mass is 10.0. The smallest absolute Gasteiger partial charge is 0.313 e. The average molecular weight is 263 g/mol. The van der Waals surface area contributed by atoms with Gasteiger partial charge in [-0.3, -0.25) is 4.52 Å². The molecule has 2 atom stereocenters. The van der Waals surface area contributed by atoms with Crippen molar-refractivity contribution in [2.45, 2.75) is 32.8 Å². The van der Waals surface area contributed by atoms with Gasteiger partial charge in [0.1, 0.15) is 0 Å². The molecule has 0 bridgehead atoms. The minimum Gasteiger partial charge on any atom is -0.313 e. The quantitative estimate of drug-likeness (QED) is 0.809. The number of rotatable bonds is 5. The zero-order chi connectivity index (χ0) is 12.2. The summed E-state index contributed by atoms with van der Waals surface area (Å²) >= 11 is 5.25. The molecule has 2 unspecified atom stereocenters. The third-order valence-corrected chi connectivity index (χ3v) is 3.10. The van der Waals surface area contributed by atoms with Gasteiger partial charge in [0.15, 0.2) is 0 Å². The van der Waals surface area contributed by atoms with Gasteiger partial charge in [0.05, 0.1) is 6.10 Å². The second-order valence-corrected chi connectivity index (χ2v) is 6.09. The highest BCUT2D eigenvalue weighted by molar-refractivity contribution is 7.80. The molecule has 5 heteroatoms. The molecule has 0 aliphatic rings. The third kappa shape index (κ3) is 4.26. The lowest BCUT2D eigenvalue weighted by molar-refractivity contribution is 0.175. The van der Waals surface area contributed by atoms with Crippen LogP contribution >= 0.6 is 18.2 Å². The van der Waals surface area contributed by atoms with Crippen LogP contribution in [-0.4, -0.2) is 4.89 Å². The maximum absolute atomic E-state index is 11.1. The molecule has 1 N–H and O–H groups in total. The van der Waals surface area contributed by atoms with E-state index in [2.05, 4.69) is 0 Å². The van der Waals surface area contributed by atoms with E-state index in [9.17, 15) is 4.57 Å². The van der Waals surface area contributed by atoms with Crippen molar-refractivity contribution in [3.05, 3.63) is 35.4 Å². The Kier molecular flexibility index (Phi) is 5.00. The van der Waals surface area contributed by atoms with Gasteiger partial charge in [-0.25, -0.2) is 4.57 Å². The summed E-state index contributed by atoms with van der Waals surface area (Å²) in [7, 11) is 0. The monoisotopic (exact) mass is 262 g/mol. The first-order chi connectivity index (χ1) is 7.44. The lowest BCUT2D eigenvalue weighted by Crippen LogP contribution is -2.03. The normalized spacial score (nSPS) is 16.8. The van der Waals surface area contributed by atoms with Gasteiger partial charge in [0.25, 0.3) is 0 Å². The molecular formula is C11H16ClO3P. The molecule has 1 aromatic carbocycles. The van der Waals surface area contributed by atoms with Crippen LogP contribution < -0.4 is 0 Å². The van der Waals surface area contributed by atoms with E-state index in [1.165, 1.54) is 0 Å². The van der Waals surface area contributed by atoms with Crippen molar-refractivity contribution in [3.63, 3.8) is 0 Å². The van der Waals surface area contributed by atoms with Crippen LogP contribution in [0.1, 0.15) is 37.0 Å². The Morgan fingerprint density at radius 1 is 1.50 bits per heavy atom. The fourth-order valence-electron chi connectivity index (χ4n) is 1.63. The molecule has 0 aliphatic heterocycles.